The van der Waals surface area contributed by atoms with E-state index in [-0.39, 0.29) is 42.2 Å². The van der Waals surface area contributed by atoms with Gasteiger partial charge < -0.3 is 19.6 Å². The van der Waals surface area contributed by atoms with Gasteiger partial charge in [0.2, 0.25) is 11.8 Å². The fourth-order valence-corrected chi connectivity index (χ4v) is 8.68. The highest BCUT2D eigenvalue weighted by Crippen LogP contribution is 2.61. The van der Waals surface area contributed by atoms with E-state index < -0.39 is 28.7 Å². The summed E-state index contributed by atoms with van der Waals surface area (Å²) in [4.78, 5) is 45.7. The lowest BCUT2D eigenvalue weighted by atomic mass is 9.78. The minimum absolute atomic E-state index is 0.103. The molecule has 10 nitrogen and oxygen atoms in total. The number of para-hydroxylation sites is 1. The second-order valence-corrected chi connectivity index (χ2v) is 12.8. The van der Waals surface area contributed by atoms with Gasteiger partial charge in [-0.25, -0.2) is 4.68 Å². The third kappa shape index (κ3) is 4.25. The third-order valence-electron chi connectivity index (χ3n) is 8.66. The molecule has 2 amide bonds. The number of cyclic esters (lactones) is 1. The Labute approximate surface area is 237 Å². The van der Waals surface area contributed by atoms with E-state index in [1.807, 2.05) is 56.3 Å². The number of benzene rings is 1. The maximum absolute atomic E-state index is 14.6. The van der Waals surface area contributed by atoms with E-state index in [1.54, 1.807) is 14.5 Å². The summed E-state index contributed by atoms with van der Waals surface area (Å²) in [6.07, 6.45) is 10.6. The predicted octanol–water partition coefficient (Wildman–Crippen LogP) is 2.38. The molecule has 0 aliphatic carbocycles. The van der Waals surface area contributed by atoms with Gasteiger partial charge in [-0.15, -0.1) is 16.9 Å². The number of thioether (sulfide) groups is 1. The van der Waals surface area contributed by atoms with E-state index in [9.17, 15) is 19.5 Å². The molecule has 4 aliphatic heterocycles. The van der Waals surface area contributed by atoms with Crippen molar-refractivity contribution in [3.63, 3.8) is 0 Å². The van der Waals surface area contributed by atoms with Crippen molar-refractivity contribution in [1.29, 1.82) is 0 Å². The first kappa shape index (κ1) is 27.0. The number of fused-ring (bicyclic) bond motifs is 3. The lowest BCUT2D eigenvalue weighted by molar-refractivity contribution is -0.154. The van der Waals surface area contributed by atoms with Gasteiger partial charge in [-0.2, -0.15) is 0 Å². The standard InChI is InChI=1S/C29H35N5O5S/c1-18(2)21(16-35)34-25-27(37)32(17-33-20-11-7-6-10-19(20)30-31-33)14-9-13-29(25)24(26(34)36)23-22(40-29)12-5-3-4-8-15-39-28(23)38/h5-7,9-13,18,21-25,35H,3-4,8,14-17H2,1-2H3/b12-5-/t21-,22+,23-,24-,25?,29-/m0/s1. The van der Waals surface area contributed by atoms with Crippen LogP contribution in [0.4, 0.5) is 0 Å². The molecule has 1 N–H and O–H groups in total. The van der Waals surface area contributed by atoms with Crippen molar-refractivity contribution in [2.75, 3.05) is 19.8 Å². The number of nitrogens with zero attached hydrogens (tertiary/aromatic N) is 5. The van der Waals surface area contributed by atoms with Crippen LogP contribution >= 0.6 is 11.8 Å². The van der Waals surface area contributed by atoms with Crippen LogP contribution in [0.3, 0.4) is 0 Å². The molecule has 40 heavy (non-hydrogen) atoms. The quantitative estimate of drug-likeness (QED) is 0.434. The number of rotatable bonds is 5. The Bertz CT molecular complexity index is 1370. The first-order valence-corrected chi connectivity index (χ1v) is 14.9. The van der Waals surface area contributed by atoms with Crippen LogP contribution in [0.25, 0.3) is 11.0 Å². The van der Waals surface area contributed by atoms with Gasteiger partial charge in [0.15, 0.2) is 0 Å². The number of aliphatic hydroxyl groups excluding tert-OH is 1. The highest BCUT2D eigenvalue weighted by Gasteiger charge is 2.71. The van der Waals surface area contributed by atoms with Crippen molar-refractivity contribution < 1.29 is 24.2 Å². The number of carbonyl (C=O) groups is 3. The van der Waals surface area contributed by atoms with Crippen molar-refractivity contribution in [3.05, 3.63) is 48.6 Å². The van der Waals surface area contributed by atoms with Gasteiger partial charge in [-0.05, 0) is 37.3 Å². The van der Waals surface area contributed by atoms with Crippen molar-refractivity contribution in [2.45, 2.75) is 61.9 Å². The largest absolute Gasteiger partial charge is 0.465 e. The van der Waals surface area contributed by atoms with Crippen molar-refractivity contribution >= 4 is 40.6 Å². The van der Waals surface area contributed by atoms with Crippen molar-refractivity contribution in [1.82, 2.24) is 24.8 Å². The number of amides is 2. The maximum atomic E-state index is 14.6. The van der Waals surface area contributed by atoms with Crippen LogP contribution in [0.15, 0.2) is 48.6 Å². The Hall–Kier alpha value is -3.18. The highest BCUT2D eigenvalue weighted by atomic mass is 32.2. The molecule has 1 aromatic heterocycles. The summed E-state index contributed by atoms with van der Waals surface area (Å²) in [5, 5.41) is 18.7. The van der Waals surface area contributed by atoms with Crippen molar-refractivity contribution in [2.24, 2.45) is 17.8 Å². The molecule has 2 fully saturated rings. The van der Waals surface area contributed by atoms with E-state index in [4.69, 9.17) is 4.74 Å². The molecule has 1 aromatic carbocycles. The topological polar surface area (TPSA) is 118 Å². The van der Waals surface area contributed by atoms with E-state index in [0.29, 0.717) is 13.2 Å². The molecule has 2 saturated heterocycles. The van der Waals surface area contributed by atoms with Crippen LogP contribution in [0.2, 0.25) is 0 Å². The summed E-state index contributed by atoms with van der Waals surface area (Å²) >= 11 is 1.51. The van der Waals surface area contributed by atoms with Gasteiger partial charge in [-0.1, -0.05) is 55.5 Å². The second kappa shape index (κ2) is 10.7. The normalized spacial score (nSPS) is 32.0. The third-order valence-corrected chi connectivity index (χ3v) is 10.4. The molecular weight excluding hydrogens is 530 g/mol. The molecule has 212 valence electrons. The zero-order valence-electron chi connectivity index (χ0n) is 22.8. The fourth-order valence-electron chi connectivity index (χ4n) is 6.69. The lowest BCUT2D eigenvalue weighted by Gasteiger charge is -2.39. The van der Waals surface area contributed by atoms with E-state index in [1.165, 1.54) is 11.8 Å². The molecule has 2 aromatic rings. The van der Waals surface area contributed by atoms with E-state index >= 15 is 0 Å². The molecular formula is C29H35N5O5S. The van der Waals surface area contributed by atoms with E-state index in [0.717, 1.165) is 30.3 Å². The Morgan fingerprint density at radius 1 is 1.15 bits per heavy atom. The first-order chi connectivity index (χ1) is 19.4. The monoisotopic (exact) mass is 565 g/mol. The average molecular weight is 566 g/mol. The Kier molecular flexibility index (Phi) is 7.20. The van der Waals surface area contributed by atoms with Crippen molar-refractivity contribution in [3.8, 4) is 0 Å². The molecule has 0 bridgehead atoms. The van der Waals surface area contributed by atoms with Gasteiger partial charge in [0.05, 0.1) is 41.4 Å². The van der Waals surface area contributed by atoms with Crippen LogP contribution in [-0.2, 0) is 25.8 Å². The number of hydrogen-bond acceptors (Lipinski definition) is 8. The zero-order valence-corrected chi connectivity index (χ0v) is 23.6. The minimum atomic E-state index is -0.970. The van der Waals surface area contributed by atoms with E-state index in [2.05, 4.69) is 16.4 Å². The second-order valence-electron chi connectivity index (χ2n) is 11.4. The summed E-state index contributed by atoms with van der Waals surface area (Å²) < 4.78 is 6.40. The summed E-state index contributed by atoms with van der Waals surface area (Å²) in [6, 6.07) is 6.10. The Morgan fingerprint density at radius 2 is 1.98 bits per heavy atom. The van der Waals surface area contributed by atoms with Gasteiger partial charge in [0, 0.05) is 11.8 Å². The molecule has 0 saturated carbocycles. The average Bonchev–Trinajstić information content (AvgIpc) is 3.53. The van der Waals surface area contributed by atoms with Gasteiger partial charge in [0.25, 0.3) is 0 Å². The Morgan fingerprint density at radius 3 is 2.77 bits per heavy atom. The molecule has 0 radical (unpaired) electrons. The first-order valence-electron chi connectivity index (χ1n) is 14.1. The molecule has 5 heterocycles. The maximum Gasteiger partial charge on any atom is 0.311 e. The number of carbonyl (C=O) groups excluding carboxylic acids is 3. The number of ether oxygens (including phenoxy) is 1. The van der Waals surface area contributed by atoms with Crippen LogP contribution < -0.4 is 0 Å². The van der Waals surface area contributed by atoms with Crippen LogP contribution in [-0.4, -0.2) is 89.5 Å². The molecule has 1 spiro atoms. The summed E-state index contributed by atoms with van der Waals surface area (Å²) in [5.74, 6) is -2.48. The summed E-state index contributed by atoms with van der Waals surface area (Å²) in [6.45, 7) is 4.39. The highest BCUT2D eigenvalue weighted by molar-refractivity contribution is 8.02. The zero-order chi connectivity index (χ0) is 28.0. The Balaban J connectivity index is 1.43. The molecule has 4 aliphatic rings. The SMILES string of the molecule is CC(C)[C@H](CO)N1C(=O)[C@@H]2[C@H]3C(=O)OCCCC/C=C\[C@H]3S[C@@]23C=CCN(Cn2nnc4ccccc42)C(=O)C13. The van der Waals surface area contributed by atoms with Gasteiger partial charge >= 0.3 is 5.97 Å². The molecule has 1 unspecified atom stereocenters. The minimum Gasteiger partial charge on any atom is -0.465 e. The molecule has 6 rings (SSSR count). The number of esters is 1. The van der Waals surface area contributed by atoms with Crippen LogP contribution in [0, 0.1) is 17.8 Å². The van der Waals surface area contributed by atoms with Crippen LogP contribution in [0.5, 0.6) is 0 Å². The number of hydrogen-bond donors (Lipinski definition) is 1. The fraction of sp³-hybridized carbons (Fsp3) is 0.552. The van der Waals surface area contributed by atoms with Crippen LogP contribution in [0.1, 0.15) is 33.1 Å². The predicted molar refractivity (Wildman–Crippen MR) is 150 cm³/mol. The van der Waals surface area contributed by atoms with Gasteiger partial charge in [-0.3, -0.25) is 14.4 Å². The summed E-state index contributed by atoms with van der Waals surface area (Å²) in [5.41, 5.74) is 1.54. The molecule has 6 atom stereocenters. The molecule has 11 heteroatoms. The van der Waals surface area contributed by atoms with Gasteiger partial charge in [0.1, 0.15) is 18.2 Å². The smallest absolute Gasteiger partial charge is 0.311 e. The number of aliphatic hydroxyl groups is 1. The lowest BCUT2D eigenvalue weighted by Crippen LogP contribution is -2.57. The summed E-state index contributed by atoms with van der Waals surface area (Å²) in [7, 11) is 0. The number of allylic oxidation sites excluding steroid dienone is 1. The number of likely N-dealkylation sites (tertiary alicyclic amines) is 1. The number of aromatic nitrogens is 3.